The summed E-state index contributed by atoms with van der Waals surface area (Å²) in [7, 11) is 0. The summed E-state index contributed by atoms with van der Waals surface area (Å²) in [5.74, 6) is -1.04. The number of carboxylic acids is 1. The molecule has 0 saturated heterocycles. The molecule has 20 heavy (non-hydrogen) atoms. The Kier molecular flexibility index (Phi) is 5.72. The second kappa shape index (κ2) is 7.28. The van der Waals surface area contributed by atoms with Gasteiger partial charge in [0.15, 0.2) is 0 Å². The molecule has 0 fully saturated rings. The van der Waals surface area contributed by atoms with Crippen molar-refractivity contribution >= 4 is 29.4 Å². The van der Waals surface area contributed by atoms with Gasteiger partial charge in [0.1, 0.15) is 16.5 Å². The molecule has 3 amide bonds. The molecule has 0 aromatic carbocycles. The number of rotatable bonds is 6. The summed E-state index contributed by atoms with van der Waals surface area (Å²) in [4.78, 5) is 36.6. The molecule has 0 aliphatic heterocycles. The maximum atomic E-state index is 11.4. The van der Waals surface area contributed by atoms with Gasteiger partial charge in [0.2, 0.25) is 0 Å². The maximum absolute atomic E-state index is 11.4. The van der Waals surface area contributed by atoms with E-state index in [1.807, 2.05) is 0 Å². The summed E-state index contributed by atoms with van der Waals surface area (Å²) in [6.07, 6.45) is -0.910. The van der Waals surface area contributed by atoms with Crippen LogP contribution in [0.15, 0.2) is 0 Å². The molecular formula is C10H14N4O5S. The summed E-state index contributed by atoms with van der Waals surface area (Å²) in [6, 6.07) is -0.484. The number of carboxylic acid groups (broad SMARTS) is 1. The first-order valence-corrected chi connectivity index (χ1v) is 6.35. The van der Waals surface area contributed by atoms with E-state index in [0.717, 1.165) is 11.3 Å². The molecule has 0 saturated carbocycles. The smallest absolute Gasteiger partial charge is 0.404 e. The van der Waals surface area contributed by atoms with Crippen LogP contribution in [0.3, 0.4) is 0 Å². The van der Waals surface area contributed by atoms with Gasteiger partial charge < -0.3 is 26.2 Å². The fraction of sp³-hybridized carbons (Fsp3) is 0.400. The van der Waals surface area contributed by atoms with Gasteiger partial charge in [-0.15, -0.1) is 11.3 Å². The van der Waals surface area contributed by atoms with Crippen LogP contribution in [0.1, 0.15) is 20.4 Å². The van der Waals surface area contributed by atoms with Crippen LogP contribution in [0.2, 0.25) is 0 Å². The van der Waals surface area contributed by atoms with Crippen molar-refractivity contribution in [2.45, 2.75) is 13.5 Å². The second-order valence-electron chi connectivity index (χ2n) is 3.60. The minimum atomic E-state index is -1.04. The molecular weight excluding hydrogens is 288 g/mol. The summed E-state index contributed by atoms with van der Waals surface area (Å²) in [5.41, 5.74) is 5.15. The van der Waals surface area contributed by atoms with Gasteiger partial charge in [-0.05, 0) is 6.92 Å². The lowest BCUT2D eigenvalue weighted by Crippen LogP contribution is -2.37. The highest BCUT2D eigenvalue weighted by atomic mass is 32.1. The summed E-state index contributed by atoms with van der Waals surface area (Å²) < 4.78 is 4.42. The van der Waals surface area contributed by atoms with E-state index in [2.05, 4.69) is 20.4 Å². The maximum Gasteiger partial charge on any atom is 0.404 e. The van der Waals surface area contributed by atoms with Gasteiger partial charge in [0.05, 0.1) is 18.8 Å². The first-order chi connectivity index (χ1) is 9.40. The van der Waals surface area contributed by atoms with E-state index in [9.17, 15) is 14.4 Å². The van der Waals surface area contributed by atoms with Crippen molar-refractivity contribution in [3.63, 3.8) is 0 Å². The Morgan fingerprint density at radius 2 is 2.10 bits per heavy atom. The quantitative estimate of drug-likeness (QED) is 0.546. The molecule has 5 N–H and O–H groups in total. The first-order valence-electron chi connectivity index (χ1n) is 5.53. The fourth-order valence-electron chi connectivity index (χ4n) is 1.26. The first kappa shape index (κ1) is 15.7. The van der Waals surface area contributed by atoms with E-state index in [1.54, 1.807) is 6.92 Å². The predicted molar refractivity (Wildman–Crippen MR) is 69.6 cm³/mol. The van der Waals surface area contributed by atoms with Crippen molar-refractivity contribution in [3.05, 3.63) is 15.6 Å². The van der Waals surface area contributed by atoms with Gasteiger partial charge in [0.25, 0.3) is 0 Å². The molecule has 0 atom stereocenters. The fourth-order valence-corrected chi connectivity index (χ4v) is 2.10. The zero-order valence-corrected chi connectivity index (χ0v) is 11.5. The zero-order chi connectivity index (χ0) is 15.1. The van der Waals surface area contributed by atoms with Crippen LogP contribution in [0.25, 0.3) is 0 Å². The average molecular weight is 302 g/mol. The Morgan fingerprint density at radius 1 is 1.40 bits per heavy atom. The highest BCUT2D eigenvalue weighted by Gasteiger charge is 2.14. The molecule has 0 aliphatic rings. The number of amides is 3. The number of hydrogen-bond donors (Lipinski definition) is 4. The molecule has 0 aliphatic carbocycles. The third-order valence-corrected chi connectivity index (χ3v) is 3.21. The molecule has 1 heterocycles. The number of carbonyl (C=O) groups is 3. The van der Waals surface area contributed by atoms with Crippen molar-refractivity contribution in [3.8, 4) is 0 Å². The van der Waals surface area contributed by atoms with E-state index in [-0.39, 0.29) is 24.6 Å². The minimum Gasteiger partial charge on any atom is -0.477 e. The predicted octanol–water partition coefficient (Wildman–Crippen LogP) is 0.0442. The number of aromatic carboxylic acids is 1. The van der Waals surface area contributed by atoms with Crippen LogP contribution in [0.4, 0.5) is 9.59 Å². The van der Waals surface area contributed by atoms with Crippen LogP contribution in [0, 0.1) is 6.92 Å². The van der Waals surface area contributed by atoms with Crippen LogP contribution in [0.5, 0.6) is 0 Å². The van der Waals surface area contributed by atoms with Gasteiger partial charge in [-0.25, -0.2) is 19.4 Å². The summed E-state index contributed by atoms with van der Waals surface area (Å²) in [6.45, 7) is 1.79. The third-order valence-electron chi connectivity index (χ3n) is 2.07. The minimum absolute atomic E-state index is 0.0255. The van der Waals surface area contributed by atoms with Gasteiger partial charge in [-0.2, -0.15) is 0 Å². The summed E-state index contributed by atoms with van der Waals surface area (Å²) >= 11 is 1.00. The van der Waals surface area contributed by atoms with E-state index in [1.165, 1.54) is 0 Å². The SMILES string of the molecule is Cc1nc(CNC(=O)NCCOC(N)=O)sc1C(=O)O. The number of thiazole rings is 1. The number of nitrogens with one attached hydrogen (secondary N) is 2. The molecule has 0 radical (unpaired) electrons. The molecule has 1 aromatic heterocycles. The average Bonchev–Trinajstić information content (AvgIpc) is 2.73. The standard InChI is InChI=1S/C10H14N4O5S/c1-5-7(8(15)16)20-6(14-5)4-13-10(18)12-2-3-19-9(11)17/h2-4H2,1H3,(H2,11,17)(H,15,16)(H2,12,13,18). The number of urea groups is 1. The molecule has 1 rings (SSSR count). The van der Waals surface area contributed by atoms with Gasteiger partial charge in [0, 0.05) is 0 Å². The molecule has 9 nitrogen and oxygen atoms in total. The third kappa shape index (κ3) is 5.10. The number of carbonyl (C=O) groups excluding carboxylic acids is 2. The van der Waals surface area contributed by atoms with Crippen LogP contribution in [-0.4, -0.2) is 41.3 Å². The number of nitrogens with zero attached hydrogens (tertiary/aromatic N) is 1. The normalized spacial score (nSPS) is 9.85. The molecule has 0 spiro atoms. The van der Waals surface area contributed by atoms with Gasteiger partial charge >= 0.3 is 18.1 Å². The lowest BCUT2D eigenvalue weighted by molar-refractivity contribution is 0.0701. The van der Waals surface area contributed by atoms with Crippen molar-refractivity contribution in [2.24, 2.45) is 5.73 Å². The number of hydrogen-bond acceptors (Lipinski definition) is 6. The Morgan fingerprint density at radius 3 is 2.65 bits per heavy atom. The second-order valence-corrected chi connectivity index (χ2v) is 4.69. The Labute approximate surface area is 118 Å². The van der Waals surface area contributed by atoms with Gasteiger partial charge in [-0.1, -0.05) is 0 Å². The van der Waals surface area contributed by atoms with E-state index < -0.39 is 18.1 Å². The van der Waals surface area contributed by atoms with Crippen molar-refractivity contribution in [2.75, 3.05) is 13.2 Å². The largest absolute Gasteiger partial charge is 0.477 e. The monoisotopic (exact) mass is 302 g/mol. The number of aryl methyl sites for hydroxylation is 1. The number of aromatic nitrogens is 1. The Hall–Kier alpha value is -2.36. The van der Waals surface area contributed by atoms with Crippen LogP contribution < -0.4 is 16.4 Å². The van der Waals surface area contributed by atoms with E-state index in [0.29, 0.717) is 10.7 Å². The lowest BCUT2D eigenvalue weighted by Gasteiger charge is -2.05. The van der Waals surface area contributed by atoms with E-state index in [4.69, 9.17) is 10.8 Å². The molecule has 10 heteroatoms. The number of ether oxygens (including phenoxy) is 1. The highest BCUT2D eigenvalue weighted by Crippen LogP contribution is 2.17. The van der Waals surface area contributed by atoms with Crippen molar-refractivity contribution in [1.82, 2.24) is 15.6 Å². The molecule has 1 aromatic rings. The topological polar surface area (TPSA) is 144 Å². The van der Waals surface area contributed by atoms with Crippen LogP contribution >= 0.6 is 11.3 Å². The van der Waals surface area contributed by atoms with Crippen molar-refractivity contribution in [1.29, 1.82) is 0 Å². The zero-order valence-electron chi connectivity index (χ0n) is 10.6. The molecule has 0 unspecified atom stereocenters. The highest BCUT2D eigenvalue weighted by molar-refractivity contribution is 7.13. The van der Waals surface area contributed by atoms with E-state index >= 15 is 0 Å². The van der Waals surface area contributed by atoms with Crippen molar-refractivity contribution < 1.29 is 24.2 Å². The van der Waals surface area contributed by atoms with Gasteiger partial charge in [-0.3, -0.25) is 0 Å². The summed E-state index contributed by atoms with van der Waals surface area (Å²) in [5, 5.41) is 14.3. The number of nitrogens with two attached hydrogens (primary N) is 1. The Bertz CT molecular complexity index is 516. The molecule has 110 valence electrons. The lowest BCUT2D eigenvalue weighted by atomic mass is 10.4. The Balaban J connectivity index is 2.32. The molecule has 0 bridgehead atoms. The van der Waals surface area contributed by atoms with Crippen LogP contribution in [-0.2, 0) is 11.3 Å². The number of primary amides is 1.